The molecule has 2 aromatic carbocycles. The van der Waals surface area contributed by atoms with Gasteiger partial charge < -0.3 is 10.6 Å². The van der Waals surface area contributed by atoms with Crippen molar-refractivity contribution in [1.29, 1.82) is 0 Å². The molecule has 2 N–H and O–H groups in total. The standard InChI is InChI=1S/C19H23N3O.ClH/c1-21(14-15-7-5-8-16(20)13-15)18-11-6-12-22(19(18)23)17-9-3-2-4-10-17;/h2-5,7-10,13,18H,6,11-12,14,20H2,1H3;1H. The Morgan fingerprint density at radius 1 is 1.17 bits per heavy atom. The second kappa shape index (κ2) is 8.18. The van der Waals surface area contributed by atoms with E-state index in [0.29, 0.717) is 0 Å². The van der Waals surface area contributed by atoms with Gasteiger partial charge >= 0.3 is 0 Å². The molecule has 0 aliphatic carbocycles. The van der Waals surface area contributed by atoms with Gasteiger partial charge in [0.2, 0.25) is 5.91 Å². The van der Waals surface area contributed by atoms with Gasteiger partial charge in [-0.25, -0.2) is 0 Å². The number of benzene rings is 2. The number of carbonyl (C=O) groups is 1. The molecule has 0 radical (unpaired) electrons. The van der Waals surface area contributed by atoms with Gasteiger partial charge in [0.1, 0.15) is 0 Å². The molecule has 1 atom stereocenters. The smallest absolute Gasteiger partial charge is 0.244 e. The van der Waals surface area contributed by atoms with Crippen molar-refractivity contribution in [3.63, 3.8) is 0 Å². The summed E-state index contributed by atoms with van der Waals surface area (Å²) in [4.78, 5) is 16.9. The molecule has 1 unspecified atom stereocenters. The number of hydrogen-bond acceptors (Lipinski definition) is 3. The van der Waals surface area contributed by atoms with E-state index in [4.69, 9.17) is 5.73 Å². The Labute approximate surface area is 149 Å². The van der Waals surface area contributed by atoms with E-state index in [1.165, 1.54) is 0 Å². The van der Waals surface area contributed by atoms with Gasteiger partial charge in [0.15, 0.2) is 0 Å². The number of likely N-dealkylation sites (N-methyl/N-ethyl adjacent to an activating group) is 1. The van der Waals surface area contributed by atoms with E-state index in [9.17, 15) is 4.79 Å². The van der Waals surface area contributed by atoms with Crippen LogP contribution in [0.5, 0.6) is 0 Å². The first-order valence-corrected chi connectivity index (χ1v) is 8.06. The lowest BCUT2D eigenvalue weighted by Crippen LogP contribution is -2.51. The van der Waals surface area contributed by atoms with Gasteiger partial charge in [-0.15, -0.1) is 12.4 Å². The van der Waals surface area contributed by atoms with E-state index >= 15 is 0 Å². The van der Waals surface area contributed by atoms with Crippen molar-refractivity contribution in [3.05, 3.63) is 60.2 Å². The lowest BCUT2D eigenvalue weighted by Gasteiger charge is -2.37. The highest BCUT2D eigenvalue weighted by molar-refractivity contribution is 5.97. The van der Waals surface area contributed by atoms with Crippen LogP contribution >= 0.6 is 12.4 Å². The van der Waals surface area contributed by atoms with Crippen molar-refractivity contribution in [2.75, 3.05) is 24.2 Å². The average molecular weight is 346 g/mol. The summed E-state index contributed by atoms with van der Waals surface area (Å²) >= 11 is 0. The molecule has 5 heteroatoms. The molecule has 0 spiro atoms. The second-order valence-corrected chi connectivity index (χ2v) is 6.14. The Bertz CT molecular complexity index is 677. The first kappa shape index (κ1) is 18.3. The van der Waals surface area contributed by atoms with Crippen LogP contribution in [-0.2, 0) is 11.3 Å². The number of piperidine rings is 1. The van der Waals surface area contributed by atoms with Gasteiger partial charge in [-0.2, -0.15) is 0 Å². The molecule has 0 bridgehead atoms. The minimum absolute atomic E-state index is 0. The largest absolute Gasteiger partial charge is 0.399 e. The van der Waals surface area contributed by atoms with Crippen molar-refractivity contribution in [2.24, 2.45) is 0 Å². The molecule has 1 aliphatic heterocycles. The fraction of sp³-hybridized carbons (Fsp3) is 0.316. The maximum atomic E-state index is 12.9. The van der Waals surface area contributed by atoms with E-state index in [1.54, 1.807) is 0 Å². The maximum Gasteiger partial charge on any atom is 0.244 e. The highest BCUT2D eigenvalue weighted by Crippen LogP contribution is 2.24. The van der Waals surface area contributed by atoms with Crippen LogP contribution in [0, 0.1) is 0 Å². The topological polar surface area (TPSA) is 49.6 Å². The quantitative estimate of drug-likeness (QED) is 0.865. The number of halogens is 1. The minimum Gasteiger partial charge on any atom is -0.399 e. The Balaban J connectivity index is 0.00000208. The highest BCUT2D eigenvalue weighted by atomic mass is 35.5. The summed E-state index contributed by atoms with van der Waals surface area (Å²) in [5.74, 6) is 0.189. The monoisotopic (exact) mass is 345 g/mol. The molecule has 0 saturated carbocycles. The van der Waals surface area contributed by atoms with Crippen molar-refractivity contribution >= 4 is 29.7 Å². The molecule has 128 valence electrons. The summed E-state index contributed by atoms with van der Waals surface area (Å²) < 4.78 is 0. The van der Waals surface area contributed by atoms with Crippen molar-refractivity contribution in [2.45, 2.75) is 25.4 Å². The van der Waals surface area contributed by atoms with Gasteiger partial charge in [0.25, 0.3) is 0 Å². The molecule has 2 aromatic rings. The number of nitrogens with zero attached hydrogens (tertiary/aromatic N) is 2. The van der Waals surface area contributed by atoms with E-state index in [2.05, 4.69) is 11.0 Å². The normalized spacial score (nSPS) is 17.7. The van der Waals surface area contributed by atoms with Crippen LogP contribution in [0.1, 0.15) is 18.4 Å². The maximum absolute atomic E-state index is 12.9. The van der Waals surface area contributed by atoms with Crippen LogP contribution in [0.25, 0.3) is 0 Å². The number of nitrogens with two attached hydrogens (primary N) is 1. The molecule has 24 heavy (non-hydrogen) atoms. The molecule has 1 fully saturated rings. The highest BCUT2D eigenvalue weighted by Gasteiger charge is 2.32. The van der Waals surface area contributed by atoms with E-state index in [1.807, 2.05) is 60.5 Å². The van der Waals surface area contributed by atoms with Crippen LogP contribution < -0.4 is 10.6 Å². The van der Waals surface area contributed by atoms with Crippen molar-refractivity contribution in [3.8, 4) is 0 Å². The van der Waals surface area contributed by atoms with E-state index in [0.717, 1.165) is 42.9 Å². The van der Waals surface area contributed by atoms with Gasteiger partial charge in [-0.05, 0) is 49.7 Å². The minimum atomic E-state index is -0.0783. The summed E-state index contributed by atoms with van der Waals surface area (Å²) in [6, 6.07) is 17.7. The fourth-order valence-corrected chi connectivity index (χ4v) is 3.22. The van der Waals surface area contributed by atoms with Crippen LogP contribution in [-0.4, -0.2) is 30.4 Å². The summed E-state index contributed by atoms with van der Waals surface area (Å²) in [7, 11) is 2.01. The Morgan fingerprint density at radius 2 is 1.92 bits per heavy atom. The third kappa shape index (κ3) is 4.08. The molecule has 4 nitrogen and oxygen atoms in total. The van der Waals surface area contributed by atoms with E-state index in [-0.39, 0.29) is 24.4 Å². The predicted octanol–water partition coefficient (Wildman–Crippen LogP) is 3.32. The number of nitrogen functional groups attached to an aromatic ring is 1. The van der Waals surface area contributed by atoms with Gasteiger partial charge in [-0.3, -0.25) is 9.69 Å². The molecular weight excluding hydrogens is 322 g/mol. The van der Waals surface area contributed by atoms with Crippen molar-refractivity contribution in [1.82, 2.24) is 4.90 Å². The zero-order valence-corrected chi connectivity index (χ0v) is 14.7. The zero-order chi connectivity index (χ0) is 16.2. The van der Waals surface area contributed by atoms with Gasteiger partial charge in [0, 0.05) is 24.5 Å². The van der Waals surface area contributed by atoms with Crippen LogP contribution in [0.4, 0.5) is 11.4 Å². The SMILES string of the molecule is CN(Cc1cccc(N)c1)C1CCCN(c2ccccc2)C1=O.Cl. The summed E-state index contributed by atoms with van der Waals surface area (Å²) in [5, 5.41) is 0. The second-order valence-electron chi connectivity index (χ2n) is 6.14. The number of amides is 1. The summed E-state index contributed by atoms with van der Waals surface area (Å²) in [6.07, 6.45) is 1.92. The average Bonchev–Trinajstić information content (AvgIpc) is 2.56. The van der Waals surface area contributed by atoms with Crippen LogP contribution in [0.2, 0.25) is 0 Å². The van der Waals surface area contributed by atoms with Crippen LogP contribution in [0.15, 0.2) is 54.6 Å². The third-order valence-electron chi connectivity index (χ3n) is 4.39. The predicted molar refractivity (Wildman–Crippen MR) is 101 cm³/mol. The molecule has 3 rings (SSSR count). The van der Waals surface area contributed by atoms with Gasteiger partial charge in [-0.1, -0.05) is 30.3 Å². The number of hydrogen-bond donors (Lipinski definition) is 1. The number of para-hydroxylation sites is 1. The molecular formula is C19H24ClN3O. The lowest BCUT2D eigenvalue weighted by atomic mass is 10.0. The molecule has 1 aliphatic rings. The lowest BCUT2D eigenvalue weighted by molar-refractivity contribution is -0.125. The Kier molecular flexibility index (Phi) is 6.23. The molecule has 1 amide bonds. The molecule has 1 heterocycles. The van der Waals surface area contributed by atoms with Gasteiger partial charge in [0.05, 0.1) is 6.04 Å². The summed E-state index contributed by atoms with van der Waals surface area (Å²) in [5.41, 5.74) is 8.73. The summed E-state index contributed by atoms with van der Waals surface area (Å²) in [6.45, 7) is 1.52. The Hall–Kier alpha value is -2.04. The third-order valence-corrected chi connectivity index (χ3v) is 4.39. The van der Waals surface area contributed by atoms with E-state index < -0.39 is 0 Å². The zero-order valence-electron chi connectivity index (χ0n) is 13.9. The van der Waals surface area contributed by atoms with Crippen LogP contribution in [0.3, 0.4) is 0 Å². The fourth-order valence-electron chi connectivity index (χ4n) is 3.22. The first-order chi connectivity index (χ1) is 11.1. The molecule has 1 saturated heterocycles. The number of anilines is 2. The number of carbonyl (C=O) groups excluding carboxylic acids is 1. The first-order valence-electron chi connectivity index (χ1n) is 8.06. The van der Waals surface area contributed by atoms with Crippen molar-refractivity contribution < 1.29 is 4.79 Å². The number of rotatable bonds is 4. The molecule has 0 aromatic heterocycles. The Morgan fingerprint density at radius 3 is 2.62 bits per heavy atom.